The van der Waals surface area contributed by atoms with Gasteiger partial charge in [-0.25, -0.2) is 8.78 Å². The summed E-state index contributed by atoms with van der Waals surface area (Å²) in [5, 5.41) is 16.9. The van der Waals surface area contributed by atoms with E-state index >= 15 is 0 Å². The lowest BCUT2D eigenvalue weighted by atomic mass is 9.91. The first-order chi connectivity index (χ1) is 6.09. The highest BCUT2D eigenvalue weighted by Gasteiger charge is 2.02. The monoisotopic (exact) mass is 184 g/mol. The standard InChI is InChI=1S/C8H7BF2O2/c10-7-1-2-8(11)6(5-7)3-4-9(12)13/h1-5,12-13H/b4-3+. The summed E-state index contributed by atoms with van der Waals surface area (Å²) < 4.78 is 25.4. The highest BCUT2D eigenvalue weighted by atomic mass is 19.1. The van der Waals surface area contributed by atoms with Crippen LogP contribution in [0.1, 0.15) is 5.56 Å². The van der Waals surface area contributed by atoms with Gasteiger partial charge in [-0.2, -0.15) is 0 Å². The summed E-state index contributed by atoms with van der Waals surface area (Å²) in [5.74, 6) is -0.246. The van der Waals surface area contributed by atoms with Crippen LogP contribution in [0.5, 0.6) is 0 Å². The summed E-state index contributed by atoms with van der Waals surface area (Å²) in [6.07, 6.45) is 1.10. The van der Waals surface area contributed by atoms with E-state index in [-0.39, 0.29) is 5.56 Å². The Morgan fingerprint density at radius 3 is 2.54 bits per heavy atom. The smallest absolute Gasteiger partial charge is 0.424 e. The molecule has 1 aromatic carbocycles. The van der Waals surface area contributed by atoms with Crippen LogP contribution in [-0.2, 0) is 0 Å². The topological polar surface area (TPSA) is 40.5 Å². The molecule has 68 valence electrons. The third-order valence-corrected chi connectivity index (χ3v) is 1.41. The molecule has 0 fully saturated rings. The molecule has 0 amide bonds. The van der Waals surface area contributed by atoms with Crippen molar-refractivity contribution in [2.24, 2.45) is 0 Å². The van der Waals surface area contributed by atoms with Gasteiger partial charge in [0.25, 0.3) is 0 Å². The molecule has 13 heavy (non-hydrogen) atoms. The zero-order valence-corrected chi connectivity index (χ0v) is 6.61. The van der Waals surface area contributed by atoms with Crippen LogP contribution in [0.3, 0.4) is 0 Å². The van der Waals surface area contributed by atoms with E-state index < -0.39 is 18.8 Å². The predicted molar refractivity (Wildman–Crippen MR) is 45.6 cm³/mol. The molecule has 2 N–H and O–H groups in total. The van der Waals surface area contributed by atoms with Crippen molar-refractivity contribution in [1.82, 2.24) is 0 Å². The summed E-state index contributed by atoms with van der Waals surface area (Å²) in [6, 6.07) is 2.93. The van der Waals surface area contributed by atoms with Crippen LogP contribution in [0.2, 0.25) is 0 Å². The van der Waals surface area contributed by atoms with Crippen LogP contribution in [-0.4, -0.2) is 17.2 Å². The van der Waals surface area contributed by atoms with E-state index in [1.54, 1.807) is 0 Å². The van der Waals surface area contributed by atoms with E-state index in [2.05, 4.69) is 0 Å². The maximum absolute atomic E-state index is 12.8. The molecule has 0 aliphatic heterocycles. The average molecular weight is 184 g/mol. The van der Waals surface area contributed by atoms with Crippen molar-refractivity contribution in [3.05, 3.63) is 41.4 Å². The lowest BCUT2D eigenvalue weighted by molar-refractivity contribution is 0.424. The second kappa shape index (κ2) is 4.16. The van der Waals surface area contributed by atoms with Gasteiger partial charge >= 0.3 is 7.12 Å². The van der Waals surface area contributed by atoms with Crippen LogP contribution in [0.25, 0.3) is 6.08 Å². The van der Waals surface area contributed by atoms with Gasteiger partial charge in [-0.05, 0) is 18.2 Å². The van der Waals surface area contributed by atoms with Crippen molar-refractivity contribution in [2.75, 3.05) is 0 Å². The van der Waals surface area contributed by atoms with E-state index in [0.717, 1.165) is 30.3 Å². The fourth-order valence-electron chi connectivity index (χ4n) is 0.832. The molecule has 0 radical (unpaired) electrons. The average Bonchev–Trinajstić information content (AvgIpc) is 2.06. The van der Waals surface area contributed by atoms with Crippen molar-refractivity contribution in [2.45, 2.75) is 0 Å². The normalized spacial score (nSPS) is 10.8. The first kappa shape index (κ1) is 9.89. The Morgan fingerprint density at radius 2 is 1.92 bits per heavy atom. The maximum Gasteiger partial charge on any atom is 0.480 e. The van der Waals surface area contributed by atoms with Crippen LogP contribution >= 0.6 is 0 Å². The SMILES string of the molecule is OB(O)/C=C/c1cc(F)ccc1F. The largest absolute Gasteiger partial charge is 0.480 e. The second-order valence-corrected chi connectivity index (χ2v) is 2.44. The number of benzene rings is 1. The minimum atomic E-state index is -1.66. The van der Waals surface area contributed by atoms with Crippen molar-refractivity contribution in [3.8, 4) is 0 Å². The van der Waals surface area contributed by atoms with Crippen molar-refractivity contribution < 1.29 is 18.8 Å². The molecule has 0 aromatic heterocycles. The molecule has 0 unspecified atom stereocenters. The summed E-state index contributed by atoms with van der Waals surface area (Å²) in [7, 11) is -1.66. The Bertz CT molecular complexity index is 326. The van der Waals surface area contributed by atoms with Gasteiger partial charge in [0.15, 0.2) is 0 Å². The third-order valence-electron chi connectivity index (χ3n) is 1.41. The van der Waals surface area contributed by atoms with Gasteiger partial charge in [-0.15, -0.1) is 0 Å². The van der Waals surface area contributed by atoms with Gasteiger partial charge in [0.2, 0.25) is 0 Å². The van der Waals surface area contributed by atoms with E-state index in [1.807, 2.05) is 0 Å². The highest BCUT2D eigenvalue weighted by molar-refractivity contribution is 6.48. The van der Waals surface area contributed by atoms with Crippen LogP contribution in [0.4, 0.5) is 8.78 Å². The van der Waals surface area contributed by atoms with Gasteiger partial charge in [-0.1, -0.05) is 12.1 Å². The van der Waals surface area contributed by atoms with E-state index in [0.29, 0.717) is 0 Å². The molecule has 2 nitrogen and oxygen atoms in total. The lowest BCUT2D eigenvalue weighted by Gasteiger charge is -1.96. The number of hydrogen-bond acceptors (Lipinski definition) is 2. The highest BCUT2D eigenvalue weighted by Crippen LogP contribution is 2.11. The van der Waals surface area contributed by atoms with Gasteiger partial charge in [0.1, 0.15) is 11.6 Å². The van der Waals surface area contributed by atoms with Crippen LogP contribution in [0, 0.1) is 11.6 Å². The molecule has 0 atom stereocenters. The molecule has 1 aromatic rings. The van der Waals surface area contributed by atoms with Gasteiger partial charge in [0, 0.05) is 5.56 Å². The lowest BCUT2D eigenvalue weighted by Crippen LogP contribution is -2.05. The molecule has 1 rings (SSSR count). The van der Waals surface area contributed by atoms with E-state index in [4.69, 9.17) is 10.0 Å². The molecule has 0 bridgehead atoms. The predicted octanol–water partition coefficient (Wildman–Crippen LogP) is 0.990. The molecule has 0 aliphatic carbocycles. The Morgan fingerprint density at radius 1 is 1.23 bits per heavy atom. The van der Waals surface area contributed by atoms with Gasteiger partial charge < -0.3 is 10.0 Å². The Kier molecular flexibility index (Phi) is 3.16. The molecular weight excluding hydrogens is 177 g/mol. The summed E-state index contributed by atoms with van der Waals surface area (Å²) in [5.41, 5.74) is -0.0203. The molecule has 0 spiro atoms. The summed E-state index contributed by atoms with van der Waals surface area (Å²) >= 11 is 0. The number of hydrogen-bond donors (Lipinski definition) is 2. The molecule has 0 heterocycles. The third kappa shape index (κ3) is 2.97. The van der Waals surface area contributed by atoms with Gasteiger partial charge in [0.05, 0.1) is 0 Å². The zero-order chi connectivity index (χ0) is 9.84. The molecule has 5 heteroatoms. The summed E-state index contributed by atoms with van der Waals surface area (Å²) in [6.45, 7) is 0. The van der Waals surface area contributed by atoms with E-state index in [1.165, 1.54) is 0 Å². The summed E-state index contributed by atoms with van der Waals surface area (Å²) in [4.78, 5) is 0. The number of halogens is 2. The van der Waals surface area contributed by atoms with Gasteiger partial charge in [-0.3, -0.25) is 0 Å². The minimum absolute atomic E-state index is 0.0203. The number of rotatable bonds is 2. The molecule has 0 saturated carbocycles. The Hall–Kier alpha value is -1.20. The van der Waals surface area contributed by atoms with Crippen molar-refractivity contribution in [3.63, 3.8) is 0 Å². The fourth-order valence-corrected chi connectivity index (χ4v) is 0.832. The molecule has 0 aliphatic rings. The van der Waals surface area contributed by atoms with Crippen LogP contribution in [0.15, 0.2) is 24.2 Å². The minimum Gasteiger partial charge on any atom is -0.424 e. The first-order valence-corrected chi connectivity index (χ1v) is 3.59. The maximum atomic E-state index is 12.8. The van der Waals surface area contributed by atoms with Crippen LogP contribution < -0.4 is 0 Å². The van der Waals surface area contributed by atoms with Crippen molar-refractivity contribution in [1.29, 1.82) is 0 Å². The Labute approximate surface area is 74.3 Å². The Balaban J connectivity index is 2.93. The van der Waals surface area contributed by atoms with E-state index in [9.17, 15) is 8.78 Å². The fraction of sp³-hybridized carbons (Fsp3) is 0. The quantitative estimate of drug-likeness (QED) is 0.672. The zero-order valence-electron chi connectivity index (χ0n) is 6.61. The molecule has 0 saturated heterocycles. The molecular formula is C8H7BF2O2. The first-order valence-electron chi connectivity index (χ1n) is 3.59. The van der Waals surface area contributed by atoms with Crippen molar-refractivity contribution >= 4 is 13.2 Å². The second-order valence-electron chi connectivity index (χ2n) is 2.44.